The molecule has 3 heteroatoms. The summed E-state index contributed by atoms with van der Waals surface area (Å²) in [6, 6.07) is 10.2. The number of hydrogen-bond acceptors (Lipinski definition) is 3. The Morgan fingerprint density at radius 1 is 1.29 bits per heavy atom. The fourth-order valence-electron chi connectivity index (χ4n) is 1.90. The third-order valence-corrected chi connectivity index (χ3v) is 2.98. The number of nitrogens with zero attached hydrogens (tertiary/aromatic N) is 2. The number of likely N-dealkylation sites (N-methyl/N-ethyl adjacent to an activating group) is 1. The minimum atomic E-state index is -0.266. The van der Waals surface area contributed by atoms with Gasteiger partial charge < -0.3 is 5.11 Å². The van der Waals surface area contributed by atoms with E-state index in [4.69, 9.17) is 5.11 Å². The van der Waals surface area contributed by atoms with Crippen molar-refractivity contribution in [3.05, 3.63) is 35.4 Å². The molecule has 0 radical (unpaired) electrons. The van der Waals surface area contributed by atoms with Gasteiger partial charge in [-0.05, 0) is 24.1 Å². The first-order chi connectivity index (χ1) is 8.26. The molecular formula is C14H20N2O. The summed E-state index contributed by atoms with van der Waals surface area (Å²) >= 11 is 0. The molecule has 1 rings (SSSR count). The summed E-state index contributed by atoms with van der Waals surface area (Å²) in [6.07, 6.45) is 1.01. The first-order valence-corrected chi connectivity index (χ1v) is 6.10. The summed E-state index contributed by atoms with van der Waals surface area (Å²) in [7, 11) is 0. The molecule has 0 heterocycles. The van der Waals surface area contributed by atoms with Gasteiger partial charge in [0.2, 0.25) is 0 Å². The maximum absolute atomic E-state index is 9.26. The standard InChI is InChI=1S/C14H20N2O/c1-3-12-5-7-13(8-6-12)14(11-15)16(4-2)9-10-17/h5-8,14,17H,3-4,9-10H2,1-2H3. The fraction of sp³-hybridized carbons (Fsp3) is 0.500. The van der Waals surface area contributed by atoms with Gasteiger partial charge in [-0.3, -0.25) is 4.90 Å². The van der Waals surface area contributed by atoms with Gasteiger partial charge in [0, 0.05) is 6.54 Å². The zero-order valence-electron chi connectivity index (χ0n) is 10.6. The highest BCUT2D eigenvalue weighted by Crippen LogP contribution is 2.20. The lowest BCUT2D eigenvalue weighted by Crippen LogP contribution is -2.30. The molecule has 1 unspecified atom stereocenters. The Bertz CT molecular complexity index is 367. The van der Waals surface area contributed by atoms with E-state index in [2.05, 4.69) is 25.1 Å². The van der Waals surface area contributed by atoms with Crippen LogP contribution in [0.5, 0.6) is 0 Å². The van der Waals surface area contributed by atoms with E-state index >= 15 is 0 Å². The summed E-state index contributed by atoms with van der Waals surface area (Å²) < 4.78 is 0. The first-order valence-electron chi connectivity index (χ1n) is 6.10. The van der Waals surface area contributed by atoms with E-state index in [1.807, 2.05) is 24.0 Å². The van der Waals surface area contributed by atoms with Crippen LogP contribution in [0, 0.1) is 11.3 Å². The lowest BCUT2D eigenvalue weighted by molar-refractivity contribution is 0.180. The van der Waals surface area contributed by atoms with E-state index in [1.165, 1.54) is 5.56 Å². The van der Waals surface area contributed by atoms with Crippen molar-refractivity contribution in [2.75, 3.05) is 19.7 Å². The molecule has 1 N–H and O–H groups in total. The molecule has 1 aromatic carbocycles. The van der Waals surface area contributed by atoms with Crippen molar-refractivity contribution in [2.45, 2.75) is 26.3 Å². The number of aliphatic hydroxyl groups is 1. The molecule has 0 aromatic heterocycles. The van der Waals surface area contributed by atoms with E-state index in [0.29, 0.717) is 6.54 Å². The molecule has 0 bridgehead atoms. The van der Waals surface area contributed by atoms with Crippen LogP contribution in [0.25, 0.3) is 0 Å². The third-order valence-electron chi connectivity index (χ3n) is 2.98. The van der Waals surface area contributed by atoms with Crippen LogP contribution < -0.4 is 0 Å². The molecule has 0 amide bonds. The number of hydrogen-bond donors (Lipinski definition) is 1. The Morgan fingerprint density at radius 2 is 1.94 bits per heavy atom. The predicted octanol–water partition coefficient (Wildman–Crippen LogP) is 2.13. The molecular weight excluding hydrogens is 212 g/mol. The minimum absolute atomic E-state index is 0.0824. The van der Waals surface area contributed by atoms with E-state index in [9.17, 15) is 5.26 Å². The van der Waals surface area contributed by atoms with Gasteiger partial charge in [0.05, 0.1) is 12.7 Å². The van der Waals surface area contributed by atoms with E-state index in [-0.39, 0.29) is 12.6 Å². The van der Waals surface area contributed by atoms with Crippen LogP contribution in [0.15, 0.2) is 24.3 Å². The molecule has 3 nitrogen and oxygen atoms in total. The first kappa shape index (κ1) is 13.7. The van der Waals surface area contributed by atoms with Gasteiger partial charge in [0.25, 0.3) is 0 Å². The van der Waals surface area contributed by atoms with Crippen molar-refractivity contribution in [3.63, 3.8) is 0 Å². The quantitative estimate of drug-likeness (QED) is 0.817. The number of nitriles is 1. The van der Waals surface area contributed by atoms with Gasteiger partial charge >= 0.3 is 0 Å². The third kappa shape index (κ3) is 3.55. The van der Waals surface area contributed by atoms with Crippen LogP contribution in [0.1, 0.15) is 31.0 Å². The lowest BCUT2D eigenvalue weighted by atomic mass is 10.0. The maximum atomic E-state index is 9.26. The van der Waals surface area contributed by atoms with E-state index in [1.54, 1.807) is 0 Å². The van der Waals surface area contributed by atoms with Crippen molar-refractivity contribution in [1.82, 2.24) is 4.90 Å². The van der Waals surface area contributed by atoms with Crippen molar-refractivity contribution in [3.8, 4) is 6.07 Å². The number of aryl methyl sites for hydroxylation is 1. The van der Waals surface area contributed by atoms with Gasteiger partial charge in [0.15, 0.2) is 0 Å². The predicted molar refractivity (Wildman–Crippen MR) is 68.5 cm³/mol. The van der Waals surface area contributed by atoms with Gasteiger partial charge in [-0.1, -0.05) is 38.1 Å². The lowest BCUT2D eigenvalue weighted by Gasteiger charge is -2.25. The monoisotopic (exact) mass is 232 g/mol. The van der Waals surface area contributed by atoms with Crippen LogP contribution in [0.2, 0.25) is 0 Å². The van der Waals surface area contributed by atoms with Crippen LogP contribution >= 0.6 is 0 Å². The molecule has 17 heavy (non-hydrogen) atoms. The molecule has 0 saturated carbocycles. The van der Waals surface area contributed by atoms with Crippen molar-refractivity contribution < 1.29 is 5.11 Å². The average molecular weight is 232 g/mol. The van der Waals surface area contributed by atoms with Crippen LogP contribution in [0.4, 0.5) is 0 Å². The Hall–Kier alpha value is -1.37. The zero-order valence-corrected chi connectivity index (χ0v) is 10.6. The maximum Gasteiger partial charge on any atom is 0.123 e. The SMILES string of the molecule is CCc1ccc(C(C#N)N(CC)CCO)cc1. The van der Waals surface area contributed by atoms with Crippen LogP contribution in [-0.4, -0.2) is 29.7 Å². The second kappa shape index (κ2) is 7.05. The second-order valence-electron chi connectivity index (χ2n) is 3.98. The number of rotatable bonds is 6. The summed E-state index contributed by atoms with van der Waals surface area (Å²) in [5, 5.41) is 18.3. The Kier molecular flexibility index (Phi) is 5.68. The van der Waals surface area contributed by atoms with Crippen molar-refractivity contribution in [1.29, 1.82) is 5.26 Å². The highest BCUT2D eigenvalue weighted by molar-refractivity contribution is 5.28. The van der Waals surface area contributed by atoms with Crippen LogP contribution in [-0.2, 0) is 6.42 Å². The molecule has 0 spiro atoms. The van der Waals surface area contributed by atoms with Gasteiger partial charge in [-0.25, -0.2) is 0 Å². The summed E-state index contributed by atoms with van der Waals surface area (Å²) in [6.45, 7) is 5.49. The molecule has 0 aliphatic heterocycles. The van der Waals surface area contributed by atoms with Gasteiger partial charge in [-0.2, -0.15) is 5.26 Å². The molecule has 0 aliphatic carbocycles. The minimum Gasteiger partial charge on any atom is -0.395 e. The second-order valence-corrected chi connectivity index (χ2v) is 3.98. The average Bonchev–Trinajstić information content (AvgIpc) is 2.39. The summed E-state index contributed by atoms with van der Waals surface area (Å²) in [5.74, 6) is 0. The van der Waals surface area contributed by atoms with Crippen molar-refractivity contribution in [2.24, 2.45) is 0 Å². The number of aliphatic hydroxyl groups excluding tert-OH is 1. The summed E-state index contributed by atoms with van der Waals surface area (Å²) in [4.78, 5) is 1.97. The molecule has 0 aliphatic rings. The largest absolute Gasteiger partial charge is 0.395 e. The Morgan fingerprint density at radius 3 is 2.35 bits per heavy atom. The highest BCUT2D eigenvalue weighted by Gasteiger charge is 2.17. The van der Waals surface area contributed by atoms with E-state index < -0.39 is 0 Å². The normalized spacial score (nSPS) is 12.4. The molecule has 92 valence electrons. The molecule has 0 fully saturated rings. The van der Waals surface area contributed by atoms with Crippen molar-refractivity contribution >= 4 is 0 Å². The molecule has 1 aromatic rings. The highest BCUT2D eigenvalue weighted by atomic mass is 16.3. The van der Waals surface area contributed by atoms with Gasteiger partial charge in [-0.15, -0.1) is 0 Å². The Labute approximate surface area is 103 Å². The van der Waals surface area contributed by atoms with Crippen LogP contribution in [0.3, 0.4) is 0 Å². The zero-order chi connectivity index (χ0) is 12.7. The number of benzene rings is 1. The molecule has 1 atom stereocenters. The summed E-state index contributed by atoms with van der Waals surface area (Å²) in [5.41, 5.74) is 2.27. The van der Waals surface area contributed by atoms with Gasteiger partial charge in [0.1, 0.15) is 6.04 Å². The Balaban J connectivity index is 2.88. The molecule has 0 saturated heterocycles. The van der Waals surface area contributed by atoms with E-state index in [0.717, 1.165) is 18.5 Å². The smallest absolute Gasteiger partial charge is 0.123 e. The topological polar surface area (TPSA) is 47.3 Å². The fourth-order valence-corrected chi connectivity index (χ4v) is 1.90.